The van der Waals surface area contributed by atoms with Gasteiger partial charge in [-0.05, 0) is 61.6 Å². The number of hydrogen-bond donors (Lipinski definition) is 1. The van der Waals surface area contributed by atoms with Gasteiger partial charge in [0.05, 0.1) is 6.54 Å². The number of aromatic amines is 1. The van der Waals surface area contributed by atoms with Gasteiger partial charge >= 0.3 is 0 Å². The lowest BCUT2D eigenvalue weighted by Crippen LogP contribution is -2.32. The van der Waals surface area contributed by atoms with Crippen molar-refractivity contribution in [1.29, 1.82) is 0 Å². The van der Waals surface area contributed by atoms with Crippen LogP contribution in [0.1, 0.15) is 54.1 Å². The maximum Gasteiger partial charge on any atom is 0.270 e. The fourth-order valence-electron chi connectivity index (χ4n) is 3.69. The number of hydrogen-bond acceptors (Lipinski definition) is 2. The summed E-state index contributed by atoms with van der Waals surface area (Å²) in [5.74, 6) is 3.24. The summed E-state index contributed by atoms with van der Waals surface area (Å²) in [6, 6.07) is 11.9. The number of furan rings is 1. The molecule has 0 aliphatic heterocycles. The summed E-state index contributed by atoms with van der Waals surface area (Å²) in [6.45, 7) is 2.77. The zero-order chi connectivity index (χ0) is 17.8. The van der Waals surface area contributed by atoms with Crippen LogP contribution < -0.4 is 0 Å². The van der Waals surface area contributed by atoms with E-state index in [4.69, 9.17) is 16.0 Å². The van der Waals surface area contributed by atoms with Crippen LogP contribution in [0.2, 0.25) is 5.02 Å². The molecule has 26 heavy (non-hydrogen) atoms. The van der Waals surface area contributed by atoms with Crippen LogP contribution in [0.3, 0.4) is 0 Å². The molecule has 5 rings (SSSR count). The lowest BCUT2D eigenvalue weighted by atomic mass is 10.2. The second-order valence-corrected chi connectivity index (χ2v) is 8.14. The van der Waals surface area contributed by atoms with Gasteiger partial charge in [-0.15, -0.1) is 0 Å². The Kier molecular flexibility index (Phi) is 3.64. The summed E-state index contributed by atoms with van der Waals surface area (Å²) >= 11 is 6.06. The van der Waals surface area contributed by atoms with Gasteiger partial charge in [-0.25, -0.2) is 0 Å². The fraction of sp³-hybridized carbons (Fsp3) is 0.381. The number of amides is 1. The molecule has 2 fully saturated rings. The van der Waals surface area contributed by atoms with Crippen LogP contribution in [0.4, 0.5) is 0 Å². The Morgan fingerprint density at radius 2 is 2.08 bits per heavy atom. The van der Waals surface area contributed by atoms with Crippen LogP contribution >= 0.6 is 11.6 Å². The second-order valence-electron chi connectivity index (χ2n) is 7.70. The Morgan fingerprint density at radius 1 is 1.27 bits per heavy atom. The number of fused-ring (bicyclic) bond motifs is 1. The van der Waals surface area contributed by atoms with Crippen molar-refractivity contribution in [3.63, 3.8) is 0 Å². The molecule has 1 amide bonds. The van der Waals surface area contributed by atoms with Gasteiger partial charge in [0, 0.05) is 27.9 Å². The third-order valence-electron chi connectivity index (χ3n) is 5.55. The molecular formula is C21H21ClN2O2. The smallest absolute Gasteiger partial charge is 0.270 e. The van der Waals surface area contributed by atoms with Crippen LogP contribution in [0.25, 0.3) is 10.9 Å². The van der Waals surface area contributed by atoms with Gasteiger partial charge in [0.1, 0.15) is 17.2 Å². The first-order valence-electron chi connectivity index (χ1n) is 9.26. The second kappa shape index (κ2) is 5.92. The molecule has 2 aliphatic rings. The summed E-state index contributed by atoms with van der Waals surface area (Å²) < 4.78 is 6.03. The Morgan fingerprint density at radius 3 is 2.81 bits per heavy atom. The topological polar surface area (TPSA) is 49.2 Å². The molecule has 0 bridgehead atoms. The van der Waals surface area contributed by atoms with E-state index in [9.17, 15) is 4.79 Å². The van der Waals surface area contributed by atoms with Gasteiger partial charge in [-0.1, -0.05) is 18.5 Å². The Bertz CT molecular complexity index is 985. The van der Waals surface area contributed by atoms with Gasteiger partial charge in [-0.2, -0.15) is 0 Å². The molecule has 0 saturated heterocycles. The minimum Gasteiger partial charge on any atom is -0.464 e. The molecule has 2 heterocycles. The molecular weight excluding hydrogens is 348 g/mol. The molecule has 1 aromatic carbocycles. The van der Waals surface area contributed by atoms with Crippen LogP contribution in [0.15, 0.2) is 40.8 Å². The molecule has 5 heteroatoms. The van der Waals surface area contributed by atoms with E-state index in [2.05, 4.69) is 18.0 Å². The first kappa shape index (κ1) is 16.0. The Hall–Kier alpha value is -2.20. The van der Waals surface area contributed by atoms with E-state index in [1.807, 2.05) is 35.2 Å². The van der Waals surface area contributed by atoms with E-state index in [-0.39, 0.29) is 5.91 Å². The van der Waals surface area contributed by atoms with Crippen molar-refractivity contribution in [3.05, 3.63) is 58.6 Å². The zero-order valence-electron chi connectivity index (χ0n) is 14.7. The van der Waals surface area contributed by atoms with Crippen molar-refractivity contribution in [1.82, 2.24) is 9.88 Å². The minimum absolute atomic E-state index is 0.0255. The summed E-state index contributed by atoms with van der Waals surface area (Å²) in [5, 5.41) is 1.63. The number of H-pyrrole nitrogens is 1. The minimum atomic E-state index is 0.0255. The lowest BCUT2D eigenvalue weighted by molar-refractivity contribution is 0.0711. The summed E-state index contributed by atoms with van der Waals surface area (Å²) in [6.07, 6.45) is 3.33. The molecule has 1 N–H and O–H groups in total. The quantitative estimate of drug-likeness (QED) is 0.660. The van der Waals surface area contributed by atoms with Crippen molar-refractivity contribution in [2.75, 3.05) is 0 Å². The normalized spacial score (nSPS) is 21.9. The van der Waals surface area contributed by atoms with Gasteiger partial charge in [0.15, 0.2) is 0 Å². The van der Waals surface area contributed by atoms with Crippen LogP contribution in [0, 0.1) is 5.92 Å². The van der Waals surface area contributed by atoms with Crippen LogP contribution in [0.5, 0.6) is 0 Å². The van der Waals surface area contributed by atoms with Crippen molar-refractivity contribution < 1.29 is 9.21 Å². The zero-order valence-corrected chi connectivity index (χ0v) is 15.4. The number of nitrogens with one attached hydrogen (secondary N) is 1. The van der Waals surface area contributed by atoms with Gasteiger partial charge < -0.3 is 14.3 Å². The monoisotopic (exact) mass is 368 g/mol. The highest BCUT2D eigenvalue weighted by atomic mass is 35.5. The highest BCUT2D eigenvalue weighted by Crippen LogP contribution is 2.47. The van der Waals surface area contributed by atoms with E-state index in [0.717, 1.165) is 35.3 Å². The van der Waals surface area contributed by atoms with Gasteiger partial charge in [-0.3, -0.25) is 4.79 Å². The molecule has 2 saturated carbocycles. The number of nitrogens with zero attached hydrogens (tertiary/aromatic N) is 1. The maximum atomic E-state index is 13.1. The van der Waals surface area contributed by atoms with E-state index in [1.165, 1.54) is 6.42 Å². The third-order valence-corrected chi connectivity index (χ3v) is 5.78. The lowest BCUT2D eigenvalue weighted by Gasteiger charge is -2.20. The molecule has 2 atom stereocenters. The molecule has 3 aromatic rings. The maximum absolute atomic E-state index is 13.1. The Labute approximate surface area is 157 Å². The highest BCUT2D eigenvalue weighted by molar-refractivity contribution is 6.31. The molecule has 0 unspecified atom stereocenters. The van der Waals surface area contributed by atoms with Crippen molar-refractivity contribution in [2.45, 2.75) is 44.7 Å². The first-order chi connectivity index (χ1) is 12.6. The number of rotatable bonds is 5. The summed E-state index contributed by atoms with van der Waals surface area (Å²) in [5.41, 5.74) is 1.54. The van der Waals surface area contributed by atoms with Crippen molar-refractivity contribution in [3.8, 4) is 0 Å². The highest BCUT2D eigenvalue weighted by Gasteiger charge is 2.38. The largest absolute Gasteiger partial charge is 0.464 e. The van der Waals surface area contributed by atoms with Gasteiger partial charge in [0.25, 0.3) is 5.91 Å². The predicted molar refractivity (Wildman–Crippen MR) is 101 cm³/mol. The molecule has 2 aliphatic carbocycles. The number of carbonyl (C=O) groups is 1. The SMILES string of the molecule is C[C@H]1C[C@H]1c1ccc(CN(C(=O)c2cc3cc(Cl)ccc3[nH]2)C2CC2)o1. The third kappa shape index (κ3) is 2.92. The van der Waals surface area contributed by atoms with E-state index in [0.29, 0.717) is 35.1 Å². The molecule has 0 spiro atoms. The predicted octanol–water partition coefficient (Wildman–Crippen LogP) is 5.34. The number of halogens is 1. The molecule has 134 valence electrons. The van der Waals surface area contributed by atoms with E-state index in [1.54, 1.807) is 0 Å². The summed E-state index contributed by atoms with van der Waals surface area (Å²) in [7, 11) is 0. The average Bonchev–Trinajstić information content (AvgIpc) is 3.50. The van der Waals surface area contributed by atoms with E-state index < -0.39 is 0 Å². The standard InChI is InChI=1S/C21H21ClN2O2/c1-12-8-17(12)20-7-5-16(26-20)11-24(15-3-4-15)21(25)19-10-13-9-14(22)2-6-18(13)23-19/h2,5-7,9-10,12,15,17,23H,3-4,8,11H2,1H3/t12-,17+/m0/s1. The average molecular weight is 369 g/mol. The van der Waals surface area contributed by atoms with Crippen molar-refractivity contribution >= 4 is 28.4 Å². The molecule has 2 aromatic heterocycles. The first-order valence-corrected chi connectivity index (χ1v) is 9.64. The van der Waals surface area contributed by atoms with Gasteiger partial charge in [0.2, 0.25) is 0 Å². The van der Waals surface area contributed by atoms with E-state index >= 15 is 0 Å². The molecule has 0 radical (unpaired) electrons. The molecule has 4 nitrogen and oxygen atoms in total. The number of carbonyl (C=O) groups excluding carboxylic acids is 1. The number of aromatic nitrogens is 1. The van der Waals surface area contributed by atoms with Crippen LogP contribution in [-0.4, -0.2) is 21.8 Å². The fourth-order valence-corrected chi connectivity index (χ4v) is 3.87. The summed E-state index contributed by atoms with van der Waals surface area (Å²) in [4.78, 5) is 18.3. The van der Waals surface area contributed by atoms with Crippen molar-refractivity contribution in [2.24, 2.45) is 5.92 Å². The van der Waals surface area contributed by atoms with Crippen LogP contribution in [-0.2, 0) is 6.54 Å². The Balaban J connectivity index is 1.39. The number of benzene rings is 1.